The third kappa shape index (κ3) is 3.57. The minimum atomic E-state index is -0.304. The first-order chi connectivity index (χ1) is 9.52. The normalized spacial score (nSPS) is 17.9. The summed E-state index contributed by atoms with van der Waals surface area (Å²) in [4.78, 5) is 10.6. The molecule has 110 valence electrons. The molecule has 1 fully saturated rings. The van der Waals surface area contributed by atoms with E-state index < -0.39 is 0 Å². The lowest BCUT2D eigenvalue weighted by Crippen LogP contribution is -2.33. The molecule has 0 radical (unpaired) electrons. The maximum absolute atomic E-state index is 10.9. The van der Waals surface area contributed by atoms with Gasteiger partial charge in [-0.05, 0) is 30.7 Å². The van der Waals surface area contributed by atoms with Crippen LogP contribution in [-0.4, -0.2) is 11.5 Å². The van der Waals surface area contributed by atoms with Gasteiger partial charge in [0, 0.05) is 24.7 Å². The van der Waals surface area contributed by atoms with E-state index in [9.17, 15) is 10.1 Å². The van der Waals surface area contributed by atoms with Gasteiger partial charge in [-0.1, -0.05) is 38.3 Å². The van der Waals surface area contributed by atoms with Gasteiger partial charge in [0.05, 0.1) is 4.92 Å². The van der Waals surface area contributed by atoms with Gasteiger partial charge in [0.1, 0.15) is 0 Å². The Labute approximate surface area is 120 Å². The summed E-state index contributed by atoms with van der Waals surface area (Å²) < 4.78 is 0. The average Bonchev–Trinajstić information content (AvgIpc) is 2.41. The highest BCUT2D eigenvalue weighted by molar-refractivity contribution is 5.44. The maximum Gasteiger partial charge on any atom is 0.272 e. The number of benzene rings is 1. The summed E-state index contributed by atoms with van der Waals surface area (Å²) in [6, 6.07) is 5.31. The molecule has 20 heavy (non-hydrogen) atoms. The van der Waals surface area contributed by atoms with Gasteiger partial charge >= 0.3 is 0 Å². The number of nitrogens with one attached hydrogen (secondary N) is 1. The summed E-state index contributed by atoms with van der Waals surface area (Å²) in [5.41, 5.74) is 2.41. The standard InChI is InChI=1S/C16H24N2O2/c1-13-14(7-6-8-15(13)18(19)20)11-17-12-16(2)9-4-3-5-10-16/h6-8,17H,3-5,9-12H2,1-2H3. The van der Waals surface area contributed by atoms with Crippen molar-refractivity contribution in [2.75, 3.05) is 6.54 Å². The summed E-state index contributed by atoms with van der Waals surface area (Å²) >= 11 is 0. The molecule has 0 unspecified atom stereocenters. The molecular formula is C16H24N2O2. The van der Waals surface area contributed by atoms with Crippen molar-refractivity contribution in [1.82, 2.24) is 5.32 Å². The molecule has 0 amide bonds. The van der Waals surface area contributed by atoms with Crippen LogP contribution in [-0.2, 0) is 6.54 Å². The van der Waals surface area contributed by atoms with Crippen LogP contribution in [0.1, 0.15) is 50.2 Å². The van der Waals surface area contributed by atoms with Crippen molar-refractivity contribution in [3.05, 3.63) is 39.4 Å². The predicted octanol–water partition coefficient (Wildman–Crippen LogP) is 3.96. The Morgan fingerprint density at radius 1 is 1.30 bits per heavy atom. The van der Waals surface area contributed by atoms with Crippen LogP contribution in [0.5, 0.6) is 0 Å². The second kappa shape index (κ2) is 6.35. The highest BCUT2D eigenvalue weighted by Gasteiger charge is 2.26. The number of nitro benzene ring substituents is 1. The summed E-state index contributed by atoms with van der Waals surface area (Å²) in [6.45, 7) is 5.88. The lowest BCUT2D eigenvalue weighted by atomic mass is 9.76. The van der Waals surface area contributed by atoms with Gasteiger partial charge in [-0.2, -0.15) is 0 Å². The van der Waals surface area contributed by atoms with Gasteiger partial charge in [0.15, 0.2) is 0 Å². The molecule has 0 spiro atoms. The van der Waals surface area contributed by atoms with Gasteiger partial charge < -0.3 is 5.32 Å². The van der Waals surface area contributed by atoms with Gasteiger partial charge in [-0.15, -0.1) is 0 Å². The van der Waals surface area contributed by atoms with Crippen molar-refractivity contribution < 1.29 is 4.92 Å². The van der Waals surface area contributed by atoms with E-state index in [4.69, 9.17) is 0 Å². The van der Waals surface area contributed by atoms with E-state index in [1.165, 1.54) is 32.1 Å². The fourth-order valence-electron chi connectivity index (χ4n) is 3.14. The Bertz CT molecular complexity index is 479. The van der Waals surface area contributed by atoms with Crippen LogP contribution in [0.3, 0.4) is 0 Å². The Morgan fingerprint density at radius 2 is 2.00 bits per heavy atom. The first-order valence-electron chi connectivity index (χ1n) is 7.45. The van der Waals surface area contributed by atoms with Crippen LogP contribution >= 0.6 is 0 Å². The van der Waals surface area contributed by atoms with E-state index in [1.807, 2.05) is 13.0 Å². The number of hydrogen-bond acceptors (Lipinski definition) is 3. The largest absolute Gasteiger partial charge is 0.312 e. The monoisotopic (exact) mass is 276 g/mol. The molecule has 0 bridgehead atoms. The van der Waals surface area contributed by atoms with Gasteiger partial charge in [-0.25, -0.2) is 0 Å². The molecule has 4 nitrogen and oxygen atoms in total. The number of rotatable bonds is 5. The Morgan fingerprint density at radius 3 is 2.65 bits per heavy atom. The smallest absolute Gasteiger partial charge is 0.272 e. The zero-order valence-corrected chi connectivity index (χ0v) is 12.4. The summed E-state index contributed by atoms with van der Waals surface area (Å²) in [5, 5.41) is 14.4. The van der Waals surface area contributed by atoms with E-state index in [0.29, 0.717) is 12.0 Å². The molecule has 0 atom stereocenters. The third-order valence-electron chi connectivity index (χ3n) is 4.54. The molecule has 1 N–H and O–H groups in total. The molecule has 4 heteroatoms. The molecule has 1 aliphatic rings. The second-order valence-electron chi connectivity index (χ2n) is 6.29. The molecule has 1 saturated carbocycles. The molecule has 1 aromatic rings. The lowest BCUT2D eigenvalue weighted by molar-refractivity contribution is -0.385. The topological polar surface area (TPSA) is 55.2 Å². The zero-order valence-electron chi connectivity index (χ0n) is 12.4. The molecular weight excluding hydrogens is 252 g/mol. The fraction of sp³-hybridized carbons (Fsp3) is 0.625. The number of hydrogen-bond donors (Lipinski definition) is 1. The van der Waals surface area contributed by atoms with Crippen LogP contribution in [0.15, 0.2) is 18.2 Å². The van der Waals surface area contributed by atoms with E-state index in [0.717, 1.165) is 17.7 Å². The molecule has 2 rings (SSSR count). The van der Waals surface area contributed by atoms with Crippen LogP contribution < -0.4 is 5.32 Å². The van der Waals surface area contributed by atoms with E-state index in [2.05, 4.69) is 12.2 Å². The van der Waals surface area contributed by atoms with Crippen molar-refractivity contribution in [2.45, 2.75) is 52.5 Å². The third-order valence-corrected chi connectivity index (χ3v) is 4.54. The lowest BCUT2D eigenvalue weighted by Gasteiger charge is -2.33. The van der Waals surface area contributed by atoms with Crippen molar-refractivity contribution >= 4 is 5.69 Å². The highest BCUT2D eigenvalue weighted by Crippen LogP contribution is 2.35. The van der Waals surface area contributed by atoms with Gasteiger partial charge in [0.25, 0.3) is 5.69 Å². The van der Waals surface area contributed by atoms with Gasteiger partial charge in [-0.3, -0.25) is 10.1 Å². The minimum absolute atomic E-state index is 0.216. The molecule has 0 aliphatic heterocycles. The maximum atomic E-state index is 10.9. The van der Waals surface area contributed by atoms with Crippen molar-refractivity contribution in [1.29, 1.82) is 0 Å². The Balaban J connectivity index is 1.94. The predicted molar refractivity (Wildman–Crippen MR) is 80.7 cm³/mol. The number of nitro groups is 1. The summed E-state index contributed by atoms with van der Waals surface area (Å²) in [6.07, 6.45) is 6.59. The Kier molecular flexibility index (Phi) is 4.76. The SMILES string of the molecule is Cc1c(CNCC2(C)CCCCC2)cccc1[N+](=O)[O-]. The molecule has 0 saturated heterocycles. The molecule has 1 aliphatic carbocycles. The first kappa shape index (κ1) is 15.0. The van der Waals surface area contributed by atoms with E-state index >= 15 is 0 Å². The fourth-order valence-corrected chi connectivity index (χ4v) is 3.14. The zero-order chi connectivity index (χ0) is 14.6. The second-order valence-corrected chi connectivity index (χ2v) is 6.29. The van der Waals surface area contributed by atoms with Gasteiger partial charge in [0.2, 0.25) is 0 Å². The van der Waals surface area contributed by atoms with Crippen LogP contribution in [0.25, 0.3) is 0 Å². The van der Waals surface area contributed by atoms with E-state index in [1.54, 1.807) is 12.1 Å². The van der Waals surface area contributed by atoms with Crippen molar-refractivity contribution in [2.24, 2.45) is 5.41 Å². The highest BCUT2D eigenvalue weighted by atomic mass is 16.6. The van der Waals surface area contributed by atoms with Crippen molar-refractivity contribution in [3.63, 3.8) is 0 Å². The molecule has 0 heterocycles. The van der Waals surface area contributed by atoms with Crippen LogP contribution in [0.2, 0.25) is 0 Å². The van der Waals surface area contributed by atoms with Crippen LogP contribution in [0.4, 0.5) is 5.69 Å². The van der Waals surface area contributed by atoms with Crippen molar-refractivity contribution in [3.8, 4) is 0 Å². The summed E-state index contributed by atoms with van der Waals surface area (Å²) in [5.74, 6) is 0. The van der Waals surface area contributed by atoms with E-state index in [-0.39, 0.29) is 10.6 Å². The minimum Gasteiger partial charge on any atom is -0.312 e. The Hall–Kier alpha value is -1.42. The first-order valence-corrected chi connectivity index (χ1v) is 7.45. The van der Waals surface area contributed by atoms with Crippen LogP contribution in [0, 0.1) is 22.5 Å². The molecule has 0 aromatic heterocycles. The molecule has 1 aromatic carbocycles. The quantitative estimate of drug-likeness (QED) is 0.654. The summed E-state index contributed by atoms with van der Waals surface area (Å²) in [7, 11) is 0. The average molecular weight is 276 g/mol. The number of nitrogens with zero attached hydrogens (tertiary/aromatic N) is 1.